The maximum atomic E-state index is 13.8. The zero-order chi connectivity index (χ0) is 30.0. The van der Waals surface area contributed by atoms with E-state index in [0.29, 0.717) is 40.6 Å². The van der Waals surface area contributed by atoms with Crippen molar-refractivity contribution < 1.29 is 23.9 Å². The van der Waals surface area contributed by atoms with E-state index in [1.165, 1.54) is 0 Å². The van der Waals surface area contributed by atoms with E-state index in [4.69, 9.17) is 15.2 Å². The van der Waals surface area contributed by atoms with E-state index in [-0.39, 0.29) is 29.3 Å². The van der Waals surface area contributed by atoms with Crippen molar-refractivity contribution in [1.82, 2.24) is 10.3 Å². The van der Waals surface area contributed by atoms with Gasteiger partial charge in [-0.15, -0.1) is 0 Å². The van der Waals surface area contributed by atoms with Gasteiger partial charge < -0.3 is 25.8 Å². The number of aromatic nitrogens is 1. The Balaban J connectivity index is 1.58. The van der Waals surface area contributed by atoms with E-state index >= 15 is 0 Å². The van der Waals surface area contributed by atoms with E-state index < -0.39 is 17.7 Å². The van der Waals surface area contributed by atoms with Gasteiger partial charge in [0.05, 0.1) is 18.6 Å². The summed E-state index contributed by atoms with van der Waals surface area (Å²) in [6.45, 7) is 5.97. The highest BCUT2D eigenvalue weighted by atomic mass is 16.5. The number of primary amides is 1. The Hall–Kier alpha value is -4.92. The van der Waals surface area contributed by atoms with Crippen molar-refractivity contribution in [2.75, 3.05) is 12.4 Å². The average molecular weight is 567 g/mol. The number of methoxy groups -OCH3 is 1. The first-order valence-electron chi connectivity index (χ1n) is 13.7. The molecule has 2 unspecified atom stereocenters. The highest BCUT2D eigenvalue weighted by Crippen LogP contribution is 2.47. The molecule has 0 radical (unpaired) electrons. The van der Waals surface area contributed by atoms with Gasteiger partial charge in [0.2, 0.25) is 0 Å². The number of nitrogens with one attached hydrogen (secondary N) is 2. The Bertz CT molecular complexity index is 1610. The summed E-state index contributed by atoms with van der Waals surface area (Å²) in [7, 11) is 1.56. The summed E-state index contributed by atoms with van der Waals surface area (Å²) in [6, 6.07) is 17.6. The standard InChI is InChI=1S/C33H34N4O5/c1-19-28(32(40)37-27-11-7-8-14-35-27)29(30-23(36-19)16-33(2,3)17-24(30)38)20-12-13-25(41-4)21(15-20)18-42-26-10-6-5-9-22(26)31(34)39/h5-16,29-30,36H,17-18H2,1-4H3,(H2,34,39)(H,35,37,40). The van der Waals surface area contributed by atoms with E-state index in [1.54, 1.807) is 61.8 Å². The molecule has 216 valence electrons. The Morgan fingerprint density at radius 1 is 1.07 bits per heavy atom. The predicted molar refractivity (Wildman–Crippen MR) is 159 cm³/mol. The molecule has 1 aliphatic carbocycles. The maximum absolute atomic E-state index is 13.8. The molecule has 0 saturated heterocycles. The first kappa shape index (κ1) is 28.6. The molecule has 2 aliphatic rings. The van der Waals surface area contributed by atoms with Crippen LogP contribution in [-0.2, 0) is 16.2 Å². The van der Waals surface area contributed by atoms with Crippen molar-refractivity contribution in [2.24, 2.45) is 17.1 Å². The van der Waals surface area contributed by atoms with Gasteiger partial charge in [0.15, 0.2) is 0 Å². The molecule has 42 heavy (non-hydrogen) atoms. The van der Waals surface area contributed by atoms with Crippen LogP contribution in [0.2, 0.25) is 0 Å². The van der Waals surface area contributed by atoms with Crippen LogP contribution in [0, 0.1) is 11.3 Å². The number of para-hydroxylation sites is 1. The minimum atomic E-state index is -0.594. The Morgan fingerprint density at radius 2 is 1.83 bits per heavy atom. The van der Waals surface area contributed by atoms with Gasteiger partial charge >= 0.3 is 0 Å². The first-order valence-corrected chi connectivity index (χ1v) is 13.7. The number of nitrogens with two attached hydrogens (primary N) is 1. The van der Waals surface area contributed by atoms with E-state index in [0.717, 1.165) is 11.3 Å². The third-order valence-electron chi connectivity index (χ3n) is 7.59. The van der Waals surface area contributed by atoms with Crippen LogP contribution in [-0.4, -0.2) is 29.7 Å². The van der Waals surface area contributed by atoms with Crippen LogP contribution in [0.15, 0.2) is 89.9 Å². The molecule has 0 bridgehead atoms. The van der Waals surface area contributed by atoms with Gasteiger partial charge in [-0.05, 0) is 54.3 Å². The number of pyridine rings is 1. The van der Waals surface area contributed by atoms with Crippen LogP contribution in [0.4, 0.5) is 5.82 Å². The molecule has 9 heteroatoms. The number of fused-ring (bicyclic) bond motifs is 1. The zero-order valence-electron chi connectivity index (χ0n) is 24.1. The molecule has 2 heterocycles. The number of carbonyl (C=O) groups excluding carboxylic acids is 3. The Morgan fingerprint density at radius 3 is 2.55 bits per heavy atom. The fraction of sp³-hybridized carbons (Fsp3) is 0.273. The van der Waals surface area contributed by atoms with Crippen LogP contribution in [0.25, 0.3) is 0 Å². The molecule has 2 amide bonds. The average Bonchev–Trinajstić information content (AvgIpc) is 2.95. The van der Waals surface area contributed by atoms with Gasteiger partial charge in [-0.25, -0.2) is 4.98 Å². The second kappa shape index (κ2) is 11.5. The number of ether oxygens (including phenoxy) is 2. The maximum Gasteiger partial charge on any atom is 0.255 e. The molecule has 2 atom stereocenters. The lowest BCUT2D eigenvalue weighted by atomic mass is 9.66. The fourth-order valence-corrected chi connectivity index (χ4v) is 5.80. The fourth-order valence-electron chi connectivity index (χ4n) is 5.80. The number of Topliss-reactive ketones (excluding diaryl/α,β-unsaturated/α-hetero) is 1. The summed E-state index contributed by atoms with van der Waals surface area (Å²) in [6.07, 6.45) is 4.05. The molecule has 1 aromatic heterocycles. The minimum Gasteiger partial charge on any atom is -0.496 e. The number of hydrogen-bond donors (Lipinski definition) is 3. The number of hydrogen-bond acceptors (Lipinski definition) is 7. The SMILES string of the molecule is COc1ccc(C2C(C(=O)Nc3ccccn3)=C(C)NC3=CC(C)(C)CC(=O)C32)cc1COc1ccccc1C(N)=O. The normalized spacial score (nSPS) is 19.2. The monoisotopic (exact) mass is 566 g/mol. The van der Waals surface area contributed by atoms with Crippen LogP contribution in [0.1, 0.15) is 54.6 Å². The van der Waals surface area contributed by atoms with Crippen molar-refractivity contribution >= 4 is 23.4 Å². The van der Waals surface area contributed by atoms with E-state index in [9.17, 15) is 14.4 Å². The van der Waals surface area contributed by atoms with Crippen molar-refractivity contribution in [3.8, 4) is 11.5 Å². The van der Waals surface area contributed by atoms with E-state index in [1.807, 2.05) is 32.9 Å². The largest absolute Gasteiger partial charge is 0.496 e. The van der Waals surface area contributed by atoms with Gasteiger partial charge in [-0.3, -0.25) is 14.4 Å². The van der Waals surface area contributed by atoms with Gasteiger partial charge in [0.1, 0.15) is 29.7 Å². The highest BCUT2D eigenvalue weighted by molar-refractivity contribution is 6.06. The van der Waals surface area contributed by atoms with Crippen molar-refractivity contribution in [2.45, 2.75) is 39.7 Å². The number of rotatable bonds is 8. The molecule has 5 rings (SSSR count). The highest BCUT2D eigenvalue weighted by Gasteiger charge is 2.46. The number of anilines is 1. The van der Waals surface area contributed by atoms with Gasteiger partial charge in [-0.1, -0.05) is 44.2 Å². The predicted octanol–water partition coefficient (Wildman–Crippen LogP) is 4.87. The summed E-state index contributed by atoms with van der Waals surface area (Å²) in [4.78, 5) is 43.7. The van der Waals surface area contributed by atoms with Crippen molar-refractivity contribution in [1.29, 1.82) is 0 Å². The van der Waals surface area contributed by atoms with Crippen LogP contribution in [0.5, 0.6) is 11.5 Å². The Kier molecular flexibility index (Phi) is 7.85. The lowest BCUT2D eigenvalue weighted by Crippen LogP contribution is -2.44. The third-order valence-corrected chi connectivity index (χ3v) is 7.59. The number of benzene rings is 2. The molecule has 4 N–H and O–H groups in total. The first-order chi connectivity index (χ1) is 20.1. The molecule has 0 spiro atoms. The lowest BCUT2D eigenvalue weighted by Gasteiger charge is -2.41. The van der Waals surface area contributed by atoms with Crippen molar-refractivity contribution in [3.05, 3.63) is 107 Å². The second-order valence-electron chi connectivity index (χ2n) is 11.2. The third kappa shape index (κ3) is 5.76. The number of ketones is 1. The Labute approximate surface area is 244 Å². The topological polar surface area (TPSA) is 133 Å². The number of amides is 2. The second-order valence-corrected chi connectivity index (χ2v) is 11.2. The molecule has 0 fully saturated rings. The molecule has 2 aromatic carbocycles. The summed E-state index contributed by atoms with van der Waals surface area (Å²) >= 11 is 0. The molecule has 1 aliphatic heterocycles. The van der Waals surface area contributed by atoms with Crippen LogP contribution < -0.4 is 25.8 Å². The van der Waals surface area contributed by atoms with Crippen LogP contribution >= 0.6 is 0 Å². The number of carbonyl (C=O) groups is 3. The van der Waals surface area contributed by atoms with E-state index in [2.05, 4.69) is 21.7 Å². The molecular weight excluding hydrogens is 532 g/mol. The number of allylic oxidation sites excluding steroid dienone is 3. The smallest absolute Gasteiger partial charge is 0.255 e. The summed E-state index contributed by atoms with van der Waals surface area (Å²) < 4.78 is 11.6. The molecule has 3 aromatic rings. The molecule has 9 nitrogen and oxygen atoms in total. The molecular formula is C33H34N4O5. The molecule has 0 saturated carbocycles. The van der Waals surface area contributed by atoms with Gasteiger partial charge in [0.25, 0.3) is 11.8 Å². The quantitative estimate of drug-likeness (QED) is 0.354. The summed E-state index contributed by atoms with van der Waals surface area (Å²) in [5.74, 6) is -0.716. The zero-order valence-corrected chi connectivity index (χ0v) is 24.1. The van der Waals surface area contributed by atoms with Gasteiger partial charge in [-0.2, -0.15) is 0 Å². The number of nitrogens with zero attached hydrogens (tertiary/aromatic N) is 1. The summed E-state index contributed by atoms with van der Waals surface area (Å²) in [5, 5.41) is 6.26. The van der Waals surface area contributed by atoms with Crippen molar-refractivity contribution in [3.63, 3.8) is 0 Å². The van der Waals surface area contributed by atoms with Gasteiger partial charge in [0, 0.05) is 41.1 Å². The van der Waals surface area contributed by atoms with Crippen LogP contribution in [0.3, 0.4) is 0 Å². The lowest BCUT2D eigenvalue weighted by molar-refractivity contribution is -0.124. The minimum absolute atomic E-state index is 0.0506. The summed E-state index contributed by atoms with van der Waals surface area (Å²) in [5.41, 5.74) is 8.82.